The normalized spacial score (nSPS) is 11.5. The van der Waals surface area contributed by atoms with Gasteiger partial charge in [0.2, 0.25) is 11.7 Å². The molecule has 32 heavy (non-hydrogen) atoms. The van der Waals surface area contributed by atoms with E-state index in [2.05, 4.69) is 10.4 Å². The first-order valence-electron chi connectivity index (χ1n) is 10.8. The van der Waals surface area contributed by atoms with Crippen molar-refractivity contribution in [1.82, 2.24) is 24.1 Å². The molecule has 0 fully saturated rings. The number of nitrogens with one attached hydrogen (secondary N) is 1. The molecule has 1 amide bonds. The number of fused-ring (bicyclic) bond motifs is 3. The first-order valence-corrected chi connectivity index (χ1v) is 10.8. The molecule has 0 atom stereocenters. The fraction of sp³-hybridized carbons (Fsp3) is 0.333. The Balaban J connectivity index is 1.79. The molecular formula is C24H27N5O3. The molecule has 0 radical (unpaired) electrons. The Labute approximate surface area is 185 Å². The van der Waals surface area contributed by atoms with Gasteiger partial charge in [-0.1, -0.05) is 55.8 Å². The maximum Gasteiger partial charge on any atom is 0.352 e. The lowest BCUT2D eigenvalue weighted by Gasteiger charge is -2.10. The van der Waals surface area contributed by atoms with E-state index >= 15 is 0 Å². The summed E-state index contributed by atoms with van der Waals surface area (Å²) in [4.78, 5) is 38.7. The molecule has 8 nitrogen and oxygen atoms in total. The van der Waals surface area contributed by atoms with Crippen molar-refractivity contribution in [2.75, 3.05) is 6.54 Å². The number of para-hydroxylation sites is 1. The quantitative estimate of drug-likeness (QED) is 0.484. The topological polar surface area (TPSA) is 90.4 Å². The third-order valence-corrected chi connectivity index (χ3v) is 5.41. The van der Waals surface area contributed by atoms with Gasteiger partial charge in [-0.05, 0) is 30.5 Å². The second kappa shape index (κ2) is 8.82. The minimum atomic E-state index is -0.324. The van der Waals surface area contributed by atoms with Crippen molar-refractivity contribution in [2.24, 2.45) is 5.92 Å². The number of aryl methyl sites for hydroxylation is 2. The predicted octanol–water partition coefficient (Wildman–Crippen LogP) is 2.33. The van der Waals surface area contributed by atoms with Crippen molar-refractivity contribution >= 4 is 22.6 Å². The maximum atomic E-state index is 13.3. The standard InChI is InChI=1S/C24H27N5O3/c1-16(2)14-25-21(30)12-13-27-22(31)19-6-4-5-7-20(19)29-23(27)26-28(24(29)32)15-18-10-8-17(3)9-11-18/h4-11,16H,12-15H2,1-3H3,(H,25,30). The Morgan fingerprint density at radius 2 is 1.78 bits per heavy atom. The Kier molecular flexibility index (Phi) is 5.94. The summed E-state index contributed by atoms with van der Waals surface area (Å²) < 4.78 is 4.24. The number of hydrogen-bond donors (Lipinski definition) is 1. The zero-order valence-electron chi connectivity index (χ0n) is 18.5. The van der Waals surface area contributed by atoms with Crippen LogP contribution in [0.25, 0.3) is 16.7 Å². The van der Waals surface area contributed by atoms with Gasteiger partial charge in [0.1, 0.15) is 0 Å². The smallest absolute Gasteiger partial charge is 0.352 e. The number of carbonyl (C=O) groups is 1. The summed E-state index contributed by atoms with van der Waals surface area (Å²) in [6, 6.07) is 14.9. The van der Waals surface area contributed by atoms with Crippen LogP contribution in [0.1, 0.15) is 31.4 Å². The molecule has 0 aliphatic rings. The van der Waals surface area contributed by atoms with Crippen molar-refractivity contribution in [3.8, 4) is 0 Å². The molecule has 0 saturated heterocycles. The van der Waals surface area contributed by atoms with Crippen LogP contribution in [-0.2, 0) is 17.9 Å². The monoisotopic (exact) mass is 433 g/mol. The second-order valence-electron chi connectivity index (χ2n) is 8.48. The Morgan fingerprint density at radius 3 is 2.50 bits per heavy atom. The summed E-state index contributed by atoms with van der Waals surface area (Å²) in [6.45, 7) is 7.04. The number of hydrogen-bond acceptors (Lipinski definition) is 4. The number of nitrogens with zero attached hydrogens (tertiary/aromatic N) is 4. The van der Waals surface area contributed by atoms with Gasteiger partial charge in [-0.15, -0.1) is 5.10 Å². The van der Waals surface area contributed by atoms with Crippen LogP contribution in [0, 0.1) is 12.8 Å². The molecule has 4 rings (SSSR count). The third-order valence-electron chi connectivity index (χ3n) is 5.41. The lowest BCUT2D eigenvalue weighted by atomic mass is 10.1. The molecule has 0 saturated carbocycles. The van der Waals surface area contributed by atoms with Crippen molar-refractivity contribution in [3.63, 3.8) is 0 Å². The van der Waals surface area contributed by atoms with Gasteiger partial charge < -0.3 is 5.32 Å². The molecule has 0 bridgehead atoms. The molecule has 2 heterocycles. The third kappa shape index (κ3) is 4.21. The Bertz CT molecular complexity index is 1390. The van der Waals surface area contributed by atoms with Crippen molar-refractivity contribution in [1.29, 1.82) is 0 Å². The van der Waals surface area contributed by atoms with Gasteiger partial charge in [0.15, 0.2) is 0 Å². The highest BCUT2D eigenvalue weighted by atomic mass is 16.2. The molecule has 0 spiro atoms. The zero-order valence-corrected chi connectivity index (χ0v) is 18.5. The second-order valence-corrected chi connectivity index (χ2v) is 8.48. The van der Waals surface area contributed by atoms with Crippen LogP contribution in [-0.4, -0.2) is 31.2 Å². The van der Waals surface area contributed by atoms with Gasteiger partial charge in [-0.3, -0.25) is 14.2 Å². The molecule has 2 aromatic heterocycles. The number of rotatable bonds is 7. The van der Waals surface area contributed by atoms with E-state index < -0.39 is 0 Å². The highest BCUT2D eigenvalue weighted by Crippen LogP contribution is 2.12. The van der Waals surface area contributed by atoms with E-state index in [0.29, 0.717) is 23.4 Å². The molecule has 8 heteroatoms. The number of carbonyl (C=O) groups excluding carboxylic acids is 1. The lowest BCUT2D eigenvalue weighted by molar-refractivity contribution is -0.121. The average molecular weight is 434 g/mol. The van der Waals surface area contributed by atoms with E-state index in [1.165, 1.54) is 13.6 Å². The first-order chi connectivity index (χ1) is 15.3. The molecule has 166 valence electrons. The predicted molar refractivity (Wildman–Crippen MR) is 124 cm³/mol. The average Bonchev–Trinajstić information content (AvgIpc) is 3.09. The minimum Gasteiger partial charge on any atom is -0.356 e. The van der Waals surface area contributed by atoms with Gasteiger partial charge >= 0.3 is 5.69 Å². The van der Waals surface area contributed by atoms with Crippen LogP contribution in [0.4, 0.5) is 0 Å². The summed E-state index contributed by atoms with van der Waals surface area (Å²) in [7, 11) is 0. The van der Waals surface area contributed by atoms with Gasteiger partial charge in [0.25, 0.3) is 5.56 Å². The molecule has 0 unspecified atom stereocenters. The highest BCUT2D eigenvalue weighted by Gasteiger charge is 2.18. The van der Waals surface area contributed by atoms with Crippen molar-refractivity contribution < 1.29 is 4.79 Å². The molecule has 1 N–H and O–H groups in total. The molecule has 2 aromatic carbocycles. The van der Waals surface area contributed by atoms with Gasteiger partial charge in [0.05, 0.1) is 17.4 Å². The maximum absolute atomic E-state index is 13.3. The van der Waals surface area contributed by atoms with Crippen LogP contribution in [0.15, 0.2) is 58.1 Å². The van der Waals surface area contributed by atoms with Gasteiger partial charge in [-0.25, -0.2) is 13.9 Å². The van der Waals surface area contributed by atoms with Gasteiger partial charge in [-0.2, -0.15) is 0 Å². The van der Waals surface area contributed by atoms with E-state index in [-0.39, 0.29) is 42.4 Å². The molecule has 4 aromatic rings. The first kappa shape index (κ1) is 21.5. The molecule has 0 aliphatic carbocycles. The van der Waals surface area contributed by atoms with Crippen molar-refractivity contribution in [2.45, 2.75) is 40.3 Å². The fourth-order valence-corrected chi connectivity index (χ4v) is 3.66. The highest BCUT2D eigenvalue weighted by molar-refractivity contribution is 5.80. The van der Waals surface area contributed by atoms with Crippen molar-refractivity contribution in [3.05, 3.63) is 80.5 Å². The largest absolute Gasteiger partial charge is 0.356 e. The van der Waals surface area contributed by atoms with Gasteiger partial charge in [0, 0.05) is 19.5 Å². The lowest BCUT2D eigenvalue weighted by Crippen LogP contribution is -2.31. The Morgan fingerprint density at radius 1 is 1.06 bits per heavy atom. The van der Waals surface area contributed by atoms with E-state index in [4.69, 9.17) is 0 Å². The fourth-order valence-electron chi connectivity index (χ4n) is 3.66. The number of amides is 1. The van der Waals surface area contributed by atoms with E-state index in [9.17, 15) is 14.4 Å². The molecule has 0 aliphatic heterocycles. The van der Waals surface area contributed by atoms with E-state index in [1.807, 2.05) is 45.0 Å². The van der Waals surface area contributed by atoms with Crippen LogP contribution in [0.3, 0.4) is 0 Å². The summed E-state index contributed by atoms with van der Waals surface area (Å²) in [5.74, 6) is 0.436. The summed E-state index contributed by atoms with van der Waals surface area (Å²) in [5.41, 5.74) is 1.99. The van der Waals surface area contributed by atoms with Crippen LogP contribution in [0.5, 0.6) is 0 Å². The van der Waals surface area contributed by atoms with Crippen LogP contribution in [0.2, 0.25) is 0 Å². The Hall–Kier alpha value is -3.68. The summed E-state index contributed by atoms with van der Waals surface area (Å²) in [6.07, 6.45) is 0.125. The summed E-state index contributed by atoms with van der Waals surface area (Å²) in [5, 5.41) is 7.77. The summed E-state index contributed by atoms with van der Waals surface area (Å²) >= 11 is 0. The SMILES string of the molecule is Cc1ccc(Cn2nc3n(CCC(=O)NCC(C)C)c(=O)c4ccccc4n3c2=O)cc1. The minimum absolute atomic E-state index is 0.125. The number of aromatic nitrogens is 4. The van der Waals surface area contributed by atoms with E-state index in [1.54, 1.807) is 24.3 Å². The number of benzene rings is 2. The zero-order chi connectivity index (χ0) is 22.8. The molecular weight excluding hydrogens is 406 g/mol. The van der Waals surface area contributed by atoms with Crippen LogP contribution < -0.4 is 16.6 Å². The van der Waals surface area contributed by atoms with E-state index in [0.717, 1.165) is 11.1 Å². The van der Waals surface area contributed by atoms with Crippen LogP contribution >= 0.6 is 0 Å².